The second-order valence-corrected chi connectivity index (χ2v) is 5.83. The van der Waals surface area contributed by atoms with Crippen molar-refractivity contribution >= 4 is 35.1 Å². The summed E-state index contributed by atoms with van der Waals surface area (Å²) in [6.07, 6.45) is 3.33. The summed E-state index contributed by atoms with van der Waals surface area (Å²) in [7, 11) is 1.58. The molecule has 2 rings (SSSR count). The normalized spacial score (nSPS) is 10.3. The first kappa shape index (κ1) is 18.4. The molecular formula is C16H18ClN3O3S. The van der Waals surface area contributed by atoms with E-state index in [0.717, 1.165) is 5.56 Å². The summed E-state index contributed by atoms with van der Waals surface area (Å²) in [5, 5.41) is 4.26. The van der Waals surface area contributed by atoms with Crippen LogP contribution in [0.25, 0.3) is 0 Å². The number of halogens is 1. The van der Waals surface area contributed by atoms with Crippen LogP contribution in [0.1, 0.15) is 22.8 Å². The van der Waals surface area contributed by atoms with Gasteiger partial charge in [0.25, 0.3) is 0 Å². The van der Waals surface area contributed by atoms with Crippen molar-refractivity contribution < 1.29 is 14.3 Å². The van der Waals surface area contributed by atoms with Gasteiger partial charge in [-0.25, -0.2) is 14.8 Å². The van der Waals surface area contributed by atoms with Gasteiger partial charge in [0, 0.05) is 17.8 Å². The predicted octanol–water partition coefficient (Wildman–Crippen LogP) is 3.65. The fourth-order valence-corrected chi connectivity index (χ4v) is 2.51. The van der Waals surface area contributed by atoms with Gasteiger partial charge in [0.05, 0.1) is 13.7 Å². The number of ether oxygens (including phenoxy) is 2. The van der Waals surface area contributed by atoms with Gasteiger partial charge in [-0.15, -0.1) is 0 Å². The number of hydrogen-bond acceptors (Lipinski definition) is 7. The van der Waals surface area contributed by atoms with Gasteiger partial charge < -0.3 is 14.8 Å². The molecular weight excluding hydrogens is 350 g/mol. The number of benzene rings is 1. The number of nitrogens with one attached hydrogen (secondary N) is 1. The van der Waals surface area contributed by atoms with Crippen molar-refractivity contribution in [2.24, 2.45) is 0 Å². The van der Waals surface area contributed by atoms with Gasteiger partial charge in [-0.3, -0.25) is 0 Å². The molecule has 0 amide bonds. The van der Waals surface area contributed by atoms with Crippen molar-refractivity contribution in [3.63, 3.8) is 0 Å². The maximum Gasteiger partial charge on any atom is 0.343 e. The molecule has 0 radical (unpaired) electrons. The topological polar surface area (TPSA) is 73.3 Å². The summed E-state index contributed by atoms with van der Waals surface area (Å²) in [5.74, 6) is 0.635. The van der Waals surface area contributed by atoms with Crippen molar-refractivity contribution in [1.29, 1.82) is 0 Å². The van der Waals surface area contributed by atoms with Gasteiger partial charge in [0.15, 0.2) is 5.16 Å². The molecule has 1 aromatic carbocycles. The van der Waals surface area contributed by atoms with Crippen LogP contribution >= 0.6 is 23.4 Å². The van der Waals surface area contributed by atoms with Crippen molar-refractivity contribution in [3.8, 4) is 5.75 Å². The maximum atomic E-state index is 12.0. The molecule has 0 aliphatic heterocycles. The molecule has 128 valence electrons. The van der Waals surface area contributed by atoms with Crippen molar-refractivity contribution in [1.82, 2.24) is 9.97 Å². The largest absolute Gasteiger partial charge is 0.497 e. The van der Waals surface area contributed by atoms with E-state index in [1.165, 1.54) is 18.0 Å². The van der Waals surface area contributed by atoms with Crippen LogP contribution in [0.15, 0.2) is 29.6 Å². The van der Waals surface area contributed by atoms with Crippen LogP contribution in [0.4, 0.5) is 5.82 Å². The zero-order valence-corrected chi connectivity index (χ0v) is 15.2. The van der Waals surface area contributed by atoms with E-state index in [-0.39, 0.29) is 6.61 Å². The highest BCUT2D eigenvalue weighted by Gasteiger charge is 2.16. The molecule has 0 saturated heterocycles. The Morgan fingerprint density at radius 3 is 2.83 bits per heavy atom. The van der Waals surface area contributed by atoms with Gasteiger partial charge in [-0.05, 0) is 30.9 Å². The molecule has 0 atom stereocenters. The van der Waals surface area contributed by atoms with E-state index in [2.05, 4.69) is 15.3 Å². The Labute approximate surface area is 149 Å². The molecule has 2 aromatic rings. The van der Waals surface area contributed by atoms with Crippen LogP contribution in [0.2, 0.25) is 5.02 Å². The number of nitrogens with zero attached hydrogens (tertiary/aromatic N) is 2. The molecule has 0 spiro atoms. The second-order valence-electron chi connectivity index (χ2n) is 4.65. The number of esters is 1. The number of hydrogen-bond donors (Lipinski definition) is 1. The Hall–Kier alpha value is -1.99. The van der Waals surface area contributed by atoms with Gasteiger partial charge in [0.2, 0.25) is 0 Å². The number of aromatic nitrogens is 2. The third kappa shape index (κ3) is 4.52. The molecule has 8 heteroatoms. The van der Waals surface area contributed by atoms with Crippen LogP contribution in [-0.4, -0.2) is 35.9 Å². The third-order valence-corrected chi connectivity index (χ3v) is 4.06. The highest BCUT2D eigenvalue weighted by Crippen LogP contribution is 2.24. The zero-order chi connectivity index (χ0) is 17.5. The first-order valence-corrected chi connectivity index (χ1v) is 8.83. The number of methoxy groups -OCH3 is 1. The van der Waals surface area contributed by atoms with Crippen LogP contribution in [0, 0.1) is 0 Å². The minimum atomic E-state index is -0.464. The lowest BCUT2D eigenvalue weighted by Crippen LogP contribution is -2.13. The molecule has 24 heavy (non-hydrogen) atoms. The third-order valence-electron chi connectivity index (χ3n) is 3.15. The average molecular weight is 368 g/mol. The molecule has 1 N–H and O–H groups in total. The Morgan fingerprint density at radius 1 is 1.42 bits per heavy atom. The fourth-order valence-electron chi connectivity index (χ4n) is 1.93. The van der Waals surface area contributed by atoms with Crippen LogP contribution in [-0.2, 0) is 11.3 Å². The lowest BCUT2D eigenvalue weighted by atomic mass is 10.2. The van der Waals surface area contributed by atoms with Crippen molar-refractivity contribution in [3.05, 3.63) is 40.5 Å². The highest BCUT2D eigenvalue weighted by atomic mass is 35.5. The highest BCUT2D eigenvalue weighted by molar-refractivity contribution is 7.98. The molecule has 0 saturated carbocycles. The summed E-state index contributed by atoms with van der Waals surface area (Å²) >= 11 is 7.63. The molecule has 0 aliphatic rings. The maximum absolute atomic E-state index is 12.0. The van der Waals surface area contributed by atoms with Crippen molar-refractivity contribution in [2.45, 2.75) is 18.6 Å². The van der Waals surface area contributed by atoms with E-state index in [4.69, 9.17) is 21.1 Å². The number of anilines is 1. The van der Waals surface area contributed by atoms with Crippen LogP contribution < -0.4 is 10.1 Å². The SMILES string of the molecule is CCOC(=O)c1cnc(SC)nc1NCc1ccc(OC)cc1Cl. The van der Waals surface area contributed by atoms with E-state index in [0.29, 0.717) is 33.9 Å². The number of rotatable bonds is 7. The Balaban J connectivity index is 2.22. The lowest BCUT2D eigenvalue weighted by Gasteiger charge is -2.12. The summed E-state index contributed by atoms with van der Waals surface area (Å²) in [5.41, 5.74) is 1.15. The molecule has 0 unspecified atom stereocenters. The standard InChI is InChI=1S/C16H18ClN3O3S/c1-4-23-15(21)12-9-19-16(24-3)20-14(12)18-8-10-5-6-11(22-2)7-13(10)17/h5-7,9H,4,8H2,1-3H3,(H,18,19,20). The first-order chi connectivity index (χ1) is 11.6. The number of carbonyl (C=O) groups is 1. The average Bonchev–Trinajstić information content (AvgIpc) is 2.60. The Morgan fingerprint density at radius 2 is 2.21 bits per heavy atom. The Bertz CT molecular complexity index is 728. The molecule has 1 heterocycles. The molecule has 0 bridgehead atoms. The van der Waals surface area contributed by atoms with E-state index >= 15 is 0 Å². The van der Waals surface area contributed by atoms with E-state index in [9.17, 15) is 4.79 Å². The first-order valence-electron chi connectivity index (χ1n) is 7.23. The lowest BCUT2D eigenvalue weighted by molar-refractivity contribution is 0.0526. The predicted molar refractivity (Wildman–Crippen MR) is 95.1 cm³/mol. The minimum Gasteiger partial charge on any atom is -0.497 e. The molecule has 1 aromatic heterocycles. The summed E-state index contributed by atoms with van der Waals surface area (Å²) < 4.78 is 10.2. The molecule has 6 nitrogen and oxygen atoms in total. The number of thioether (sulfide) groups is 1. The van der Waals surface area contributed by atoms with E-state index in [1.54, 1.807) is 20.1 Å². The quantitative estimate of drug-likeness (QED) is 0.455. The molecule has 0 aliphatic carbocycles. The van der Waals surface area contributed by atoms with Crippen molar-refractivity contribution in [2.75, 3.05) is 25.3 Å². The van der Waals surface area contributed by atoms with E-state index in [1.807, 2.05) is 18.4 Å². The summed E-state index contributed by atoms with van der Waals surface area (Å²) in [6.45, 7) is 2.44. The summed E-state index contributed by atoms with van der Waals surface area (Å²) in [6, 6.07) is 5.41. The van der Waals surface area contributed by atoms with Crippen LogP contribution in [0.3, 0.4) is 0 Å². The molecule has 0 fully saturated rings. The van der Waals surface area contributed by atoms with Gasteiger partial charge in [-0.1, -0.05) is 29.4 Å². The smallest absolute Gasteiger partial charge is 0.343 e. The summed E-state index contributed by atoms with van der Waals surface area (Å²) in [4.78, 5) is 20.5. The monoisotopic (exact) mass is 367 g/mol. The zero-order valence-electron chi connectivity index (χ0n) is 13.6. The van der Waals surface area contributed by atoms with E-state index < -0.39 is 5.97 Å². The number of carbonyl (C=O) groups excluding carboxylic acids is 1. The second kappa shape index (κ2) is 8.75. The van der Waals surface area contributed by atoms with Gasteiger partial charge in [0.1, 0.15) is 17.1 Å². The fraction of sp³-hybridized carbons (Fsp3) is 0.312. The van der Waals surface area contributed by atoms with Gasteiger partial charge >= 0.3 is 5.97 Å². The van der Waals surface area contributed by atoms with Gasteiger partial charge in [-0.2, -0.15) is 0 Å². The van der Waals surface area contributed by atoms with Crippen LogP contribution in [0.5, 0.6) is 5.75 Å². The Kier molecular flexibility index (Phi) is 6.69. The minimum absolute atomic E-state index is 0.285.